The van der Waals surface area contributed by atoms with E-state index in [1.165, 1.54) is 0 Å². The second kappa shape index (κ2) is 5.48. The molecule has 0 aliphatic carbocycles. The van der Waals surface area contributed by atoms with E-state index in [4.69, 9.17) is 9.47 Å². The maximum absolute atomic E-state index is 5.43. The molecule has 108 valence electrons. The Labute approximate surface area is 124 Å². The van der Waals surface area contributed by atoms with Crippen molar-refractivity contribution in [3.05, 3.63) is 54.1 Å². The third-order valence-electron chi connectivity index (χ3n) is 3.47. The highest BCUT2D eigenvalue weighted by atomic mass is 16.7. The Hall–Kier alpha value is -2.49. The van der Waals surface area contributed by atoms with Crippen LogP contribution < -0.4 is 14.9 Å². The van der Waals surface area contributed by atoms with Gasteiger partial charge in [0, 0.05) is 11.6 Å². The van der Waals surface area contributed by atoms with Gasteiger partial charge in [-0.05, 0) is 29.8 Å². The first kappa shape index (κ1) is 13.5. The minimum absolute atomic E-state index is 0.206. The molecule has 0 atom stereocenters. The standard InChI is InChI=1S/C17H18N2O2/c1-17(2,11-18-19-14-6-4-3-5-7-14)13-8-9-15-16(10-13)21-12-20-15/h3-11,19H,12H2,1-2H3/b18-11+. The fourth-order valence-electron chi connectivity index (χ4n) is 2.15. The van der Waals surface area contributed by atoms with Crippen molar-refractivity contribution >= 4 is 11.9 Å². The van der Waals surface area contributed by atoms with E-state index < -0.39 is 0 Å². The lowest BCUT2D eigenvalue weighted by molar-refractivity contribution is 0.174. The predicted molar refractivity (Wildman–Crippen MR) is 84.1 cm³/mol. The van der Waals surface area contributed by atoms with Crippen LogP contribution in [0.2, 0.25) is 0 Å². The Balaban J connectivity index is 1.74. The van der Waals surface area contributed by atoms with Crippen molar-refractivity contribution in [2.45, 2.75) is 19.3 Å². The van der Waals surface area contributed by atoms with Gasteiger partial charge in [0.15, 0.2) is 11.5 Å². The summed E-state index contributed by atoms with van der Waals surface area (Å²) in [7, 11) is 0. The molecule has 2 aromatic rings. The number of hydrogen-bond acceptors (Lipinski definition) is 4. The van der Waals surface area contributed by atoms with Gasteiger partial charge in [-0.3, -0.25) is 5.43 Å². The Morgan fingerprint density at radius 2 is 1.81 bits per heavy atom. The van der Waals surface area contributed by atoms with Crippen molar-refractivity contribution in [1.82, 2.24) is 0 Å². The Morgan fingerprint density at radius 1 is 1.05 bits per heavy atom. The summed E-state index contributed by atoms with van der Waals surface area (Å²) in [6.45, 7) is 4.52. The second-order valence-corrected chi connectivity index (χ2v) is 5.53. The van der Waals surface area contributed by atoms with E-state index >= 15 is 0 Å². The van der Waals surface area contributed by atoms with E-state index in [1.54, 1.807) is 0 Å². The monoisotopic (exact) mass is 282 g/mol. The molecule has 0 aromatic heterocycles. The topological polar surface area (TPSA) is 42.9 Å². The number of hydrazone groups is 1. The molecule has 3 rings (SSSR count). The lowest BCUT2D eigenvalue weighted by atomic mass is 9.86. The first-order chi connectivity index (χ1) is 10.1. The quantitative estimate of drug-likeness (QED) is 0.685. The molecule has 21 heavy (non-hydrogen) atoms. The van der Waals surface area contributed by atoms with Crippen LogP contribution in [0, 0.1) is 0 Å². The molecular weight excluding hydrogens is 264 g/mol. The van der Waals surface area contributed by atoms with Crippen molar-refractivity contribution in [2.75, 3.05) is 12.2 Å². The molecule has 0 spiro atoms. The molecule has 2 aromatic carbocycles. The normalized spacial score (nSPS) is 13.6. The molecule has 1 N–H and O–H groups in total. The van der Waals surface area contributed by atoms with Gasteiger partial charge in [-0.25, -0.2) is 0 Å². The molecule has 0 unspecified atom stereocenters. The fraction of sp³-hybridized carbons (Fsp3) is 0.235. The number of nitrogens with zero attached hydrogens (tertiary/aromatic N) is 1. The SMILES string of the molecule is CC(C)(/C=N/Nc1ccccc1)c1ccc2c(c1)OCO2. The van der Waals surface area contributed by atoms with Crippen molar-refractivity contribution in [1.29, 1.82) is 0 Å². The number of rotatable bonds is 4. The highest BCUT2D eigenvalue weighted by Gasteiger charge is 2.22. The zero-order valence-electron chi connectivity index (χ0n) is 12.2. The summed E-state index contributed by atoms with van der Waals surface area (Å²) in [5.41, 5.74) is 4.93. The lowest BCUT2D eigenvalue weighted by Gasteiger charge is -2.20. The van der Waals surface area contributed by atoms with Gasteiger partial charge in [-0.15, -0.1) is 0 Å². The molecule has 0 bridgehead atoms. The molecular formula is C17H18N2O2. The summed E-state index contributed by atoms with van der Waals surface area (Å²) in [5.74, 6) is 1.60. The van der Waals surface area contributed by atoms with Crippen LogP contribution in [0.4, 0.5) is 5.69 Å². The maximum atomic E-state index is 5.43. The number of nitrogens with one attached hydrogen (secondary N) is 1. The van der Waals surface area contributed by atoms with Crippen LogP contribution in [0.15, 0.2) is 53.6 Å². The molecule has 1 aliphatic rings. The molecule has 0 saturated carbocycles. The Morgan fingerprint density at radius 3 is 2.62 bits per heavy atom. The molecule has 0 amide bonds. The van der Waals surface area contributed by atoms with Gasteiger partial charge >= 0.3 is 0 Å². The van der Waals surface area contributed by atoms with Crippen molar-refractivity contribution in [3.63, 3.8) is 0 Å². The first-order valence-corrected chi connectivity index (χ1v) is 6.90. The van der Waals surface area contributed by atoms with Crippen molar-refractivity contribution < 1.29 is 9.47 Å². The summed E-state index contributed by atoms with van der Waals surface area (Å²) >= 11 is 0. The van der Waals surface area contributed by atoms with E-state index in [1.807, 2.05) is 54.7 Å². The van der Waals surface area contributed by atoms with Crippen LogP contribution in [0.5, 0.6) is 11.5 Å². The van der Waals surface area contributed by atoms with Gasteiger partial charge in [0.2, 0.25) is 6.79 Å². The van der Waals surface area contributed by atoms with E-state index in [9.17, 15) is 0 Å². The molecule has 4 heteroatoms. The van der Waals surface area contributed by atoms with Crippen LogP contribution in [0.1, 0.15) is 19.4 Å². The molecule has 1 heterocycles. The van der Waals surface area contributed by atoms with Crippen LogP contribution in [0.25, 0.3) is 0 Å². The number of para-hydroxylation sites is 1. The fourth-order valence-corrected chi connectivity index (χ4v) is 2.15. The zero-order chi connectivity index (χ0) is 14.7. The predicted octanol–water partition coefficient (Wildman–Crippen LogP) is 3.79. The van der Waals surface area contributed by atoms with Crippen LogP contribution in [-0.2, 0) is 5.41 Å². The number of hydrogen-bond donors (Lipinski definition) is 1. The summed E-state index contributed by atoms with van der Waals surface area (Å²) in [4.78, 5) is 0. The highest BCUT2D eigenvalue weighted by molar-refractivity contribution is 5.74. The van der Waals surface area contributed by atoms with Crippen molar-refractivity contribution in [3.8, 4) is 11.5 Å². The lowest BCUT2D eigenvalue weighted by Crippen LogP contribution is -2.19. The van der Waals surface area contributed by atoms with Crippen LogP contribution in [0.3, 0.4) is 0 Å². The number of benzene rings is 2. The van der Waals surface area contributed by atoms with Gasteiger partial charge in [0.25, 0.3) is 0 Å². The third kappa shape index (κ3) is 2.99. The van der Waals surface area contributed by atoms with Gasteiger partial charge < -0.3 is 9.47 Å². The molecule has 0 fully saturated rings. The van der Waals surface area contributed by atoms with Crippen LogP contribution in [-0.4, -0.2) is 13.0 Å². The zero-order valence-corrected chi connectivity index (χ0v) is 12.2. The first-order valence-electron chi connectivity index (χ1n) is 6.90. The Bertz CT molecular complexity index is 651. The molecule has 1 aliphatic heterocycles. The molecule has 0 radical (unpaired) electrons. The maximum Gasteiger partial charge on any atom is 0.231 e. The highest BCUT2D eigenvalue weighted by Crippen LogP contribution is 2.35. The van der Waals surface area contributed by atoms with Gasteiger partial charge in [0.1, 0.15) is 0 Å². The van der Waals surface area contributed by atoms with Crippen molar-refractivity contribution in [2.24, 2.45) is 5.10 Å². The number of ether oxygens (including phenoxy) is 2. The van der Waals surface area contributed by atoms with E-state index in [0.29, 0.717) is 6.79 Å². The smallest absolute Gasteiger partial charge is 0.231 e. The van der Waals surface area contributed by atoms with E-state index in [-0.39, 0.29) is 5.41 Å². The average Bonchev–Trinajstić information content (AvgIpc) is 2.95. The minimum Gasteiger partial charge on any atom is -0.454 e. The average molecular weight is 282 g/mol. The summed E-state index contributed by atoms with van der Waals surface area (Å²) < 4.78 is 10.8. The van der Waals surface area contributed by atoms with E-state index in [2.05, 4.69) is 24.4 Å². The second-order valence-electron chi connectivity index (χ2n) is 5.53. The van der Waals surface area contributed by atoms with Gasteiger partial charge in [0.05, 0.1) is 5.69 Å². The molecule has 4 nitrogen and oxygen atoms in total. The minimum atomic E-state index is -0.206. The summed E-state index contributed by atoms with van der Waals surface area (Å²) in [6.07, 6.45) is 1.90. The number of anilines is 1. The summed E-state index contributed by atoms with van der Waals surface area (Å²) in [5, 5.41) is 4.34. The largest absolute Gasteiger partial charge is 0.454 e. The third-order valence-corrected chi connectivity index (χ3v) is 3.47. The van der Waals surface area contributed by atoms with Crippen LogP contribution >= 0.6 is 0 Å². The van der Waals surface area contributed by atoms with Gasteiger partial charge in [-0.2, -0.15) is 5.10 Å². The Kier molecular flexibility index (Phi) is 3.52. The van der Waals surface area contributed by atoms with Gasteiger partial charge in [-0.1, -0.05) is 38.1 Å². The molecule has 0 saturated heterocycles. The summed E-state index contributed by atoms with van der Waals surface area (Å²) in [6, 6.07) is 15.9. The number of fused-ring (bicyclic) bond motifs is 1. The van der Waals surface area contributed by atoms with E-state index in [0.717, 1.165) is 22.7 Å².